The summed E-state index contributed by atoms with van der Waals surface area (Å²) < 4.78 is 21.1. The van der Waals surface area contributed by atoms with Crippen LogP contribution in [0.15, 0.2) is 48.5 Å². The molecule has 3 atom stereocenters. The Hall–Kier alpha value is -3.35. The number of hydrogen-bond donors (Lipinski definition) is 0. The van der Waals surface area contributed by atoms with E-state index in [1.54, 1.807) is 55.5 Å². The number of cyclic esters (lactones) is 1. The summed E-state index contributed by atoms with van der Waals surface area (Å²) >= 11 is 0. The predicted octanol–water partition coefficient (Wildman–Crippen LogP) is 2.98. The van der Waals surface area contributed by atoms with Gasteiger partial charge in [0, 0.05) is 5.56 Å². The molecule has 3 rings (SSSR count). The third kappa shape index (κ3) is 3.94. The maximum absolute atomic E-state index is 13.3. The van der Waals surface area contributed by atoms with Gasteiger partial charge >= 0.3 is 11.9 Å². The summed E-state index contributed by atoms with van der Waals surface area (Å²) in [6.45, 7) is 1.73. The SMILES string of the molecule is CCOC(=O)[C@@H]1C(=O)O[C@H](c2ccc(OC)c(OC)c2)[C@H]1C(=O)c1ccccc1. The number of esters is 2. The number of carbonyl (C=O) groups excluding carboxylic acids is 3. The lowest BCUT2D eigenvalue weighted by atomic mass is 9.81. The Morgan fingerprint density at radius 1 is 1.00 bits per heavy atom. The molecule has 0 N–H and O–H groups in total. The highest BCUT2D eigenvalue weighted by molar-refractivity contribution is 6.08. The second kappa shape index (κ2) is 8.77. The van der Waals surface area contributed by atoms with Crippen molar-refractivity contribution in [1.82, 2.24) is 0 Å². The van der Waals surface area contributed by atoms with E-state index >= 15 is 0 Å². The van der Waals surface area contributed by atoms with Gasteiger partial charge in [-0.2, -0.15) is 0 Å². The number of rotatable bonds is 7. The molecule has 1 saturated heterocycles. The summed E-state index contributed by atoms with van der Waals surface area (Å²) in [6, 6.07) is 13.5. The van der Waals surface area contributed by atoms with Gasteiger partial charge in [0.2, 0.25) is 0 Å². The van der Waals surface area contributed by atoms with Crippen molar-refractivity contribution in [1.29, 1.82) is 0 Å². The average Bonchev–Trinajstić information content (AvgIpc) is 3.10. The van der Waals surface area contributed by atoms with E-state index in [0.29, 0.717) is 22.6 Å². The van der Waals surface area contributed by atoms with Crippen LogP contribution in [0.1, 0.15) is 28.9 Å². The molecule has 0 unspecified atom stereocenters. The zero-order valence-corrected chi connectivity index (χ0v) is 16.4. The van der Waals surface area contributed by atoms with Crippen LogP contribution in [0.5, 0.6) is 11.5 Å². The molecule has 152 valence electrons. The predicted molar refractivity (Wildman–Crippen MR) is 103 cm³/mol. The van der Waals surface area contributed by atoms with Crippen molar-refractivity contribution in [2.24, 2.45) is 11.8 Å². The highest BCUT2D eigenvalue weighted by atomic mass is 16.6. The van der Waals surface area contributed by atoms with Crippen molar-refractivity contribution in [2.45, 2.75) is 13.0 Å². The van der Waals surface area contributed by atoms with Crippen LogP contribution in [-0.2, 0) is 19.1 Å². The molecule has 0 saturated carbocycles. The summed E-state index contributed by atoms with van der Waals surface area (Å²) in [7, 11) is 2.99. The van der Waals surface area contributed by atoms with Gasteiger partial charge in [-0.15, -0.1) is 0 Å². The van der Waals surface area contributed by atoms with E-state index in [4.69, 9.17) is 18.9 Å². The smallest absolute Gasteiger partial charge is 0.321 e. The third-order valence-corrected chi connectivity index (χ3v) is 4.82. The molecule has 7 heteroatoms. The molecule has 29 heavy (non-hydrogen) atoms. The quantitative estimate of drug-likeness (QED) is 0.402. The largest absolute Gasteiger partial charge is 0.493 e. The Morgan fingerprint density at radius 3 is 2.31 bits per heavy atom. The zero-order valence-electron chi connectivity index (χ0n) is 16.4. The molecule has 1 aliphatic rings. The molecule has 1 fully saturated rings. The van der Waals surface area contributed by atoms with E-state index in [2.05, 4.69) is 0 Å². The van der Waals surface area contributed by atoms with E-state index in [9.17, 15) is 14.4 Å². The average molecular weight is 398 g/mol. The number of carbonyl (C=O) groups is 3. The zero-order chi connectivity index (χ0) is 21.0. The third-order valence-electron chi connectivity index (χ3n) is 4.82. The molecule has 0 aromatic heterocycles. The first-order chi connectivity index (χ1) is 14.0. The van der Waals surface area contributed by atoms with Crippen molar-refractivity contribution >= 4 is 17.7 Å². The Balaban J connectivity index is 2.06. The number of ether oxygens (including phenoxy) is 4. The van der Waals surface area contributed by atoms with Crippen LogP contribution >= 0.6 is 0 Å². The van der Waals surface area contributed by atoms with E-state index < -0.39 is 29.9 Å². The summed E-state index contributed by atoms with van der Waals surface area (Å²) in [5.74, 6) is -3.38. The van der Waals surface area contributed by atoms with E-state index in [-0.39, 0.29) is 12.4 Å². The van der Waals surface area contributed by atoms with Gasteiger partial charge in [-0.25, -0.2) is 0 Å². The Kier molecular flexibility index (Phi) is 6.16. The summed E-state index contributed by atoms with van der Waals surface area (Å²) in [6.07, 6.45) is -0.954. The second-order valence-corrected chi connectivity index (χ2v) is 6.46. The van der Waals surface area contributed by atoms with Gasteiger partial charge in [-0.05, 0) is 24.6 Å². The molecule has 0 amide bonds. The van der Waals surface area contributed by atoms with Crippen LogP contribution < -0.4 is 9.47 Å². The molecular formula is C22H22O7. The Labute approximate surface area is 168 Å². The number of methoxy groups -OCH3 is 2. The molecule has 0 aliphatic carbocycles. The summed E-state index contributed by atoms with van der Waals surface area (Å²) in [5.41, 5.74) is 0.910. The van der Waals surface area contributed by atoms with Gasteiger partial charge in [0.25, 0.3) is 0 Å². The Bertz CT molecular complexity index is 907. The van der Waals surface area contributed by atoms with Crippen molar-refractivity contribution in [3.8, 4) is 11.5 Å². The van der Waals surface area contributed by atoms with Crippen molar-refractivity contribution < 1.29 is 33.3 Å². The van der Waals surface area contributed by atoms with Crippen LogP contribution in [0.25, 0.3) is 0 Å². The first-order valence-electron chi connectivity index (χ1n) is 9.20. The minimum atomic E-state index is -1.33. The maximum atomic E-state index is 13.3. The van der Waals surface area contributed by atoms with Crippen LogP contribution in [0.3, 0.4) is 0 Å². The van der Waals surface area contributed by atoms with Crippen molar-refractivity contribution in [2.75, 3.05) is 20.8 Å². The van der Waals surface area contributed by atoms with Crippen LogP contribution in [0.4, 0.5) is 0 Å². The van der Waals surface area contributed by atoms with Gasteiger partial charge in [0.15, 0.2) is 23.2 Å². The van der Waals surface area contributed by atoms with Crippen LogP contribution in [0.2, 0.25) is 0 Å². The number of Topliss-reactive ketones (excluding diaryl/α,β-unsaturated/α-hetero) is 1. The highest BCUT2D eigenvalue weighted by Crippen LogP contribution is 2.43. The van der Waals surface area contributed by atoms with E-state index in [0.717, 1.165) is 0 Å². The second-order valence-electron chi connectivity index (χ2n) is 6.46. The minimum Gasteiger partial charge on any atom is -0.493 e. The topological polar surface area (TPSA) is 88.1 Å². The minimum absolute atomic E-state index is 0.0931. The number of ketones is 1. The van der Waals surface area contributed by atoms with Gasteiger partial charge in [0.05, 0.1) is 26.7 Å². The first-order valence-corrected chi connectivity index (χ1v) is 9.20. The van der Waals surface area contributed by atoms with Crippen molar-refractivity contribution in [3.63, 3.8) is 0 Å². The molecule has 2 aromatic carbocycles. The van der Waals surface area contributed by atoms with Gasteiger partial charge in [0.1, 0.15) is 6.10 Å². The van der Waals surface area contributed by atoms with Crippen LogP contribution in [0, 0.1) is 11.8 Å². The molecule has 1 heterocycles. The highest BCUT2D eigenvalue weighted by Gasteiger charge is 2.54. The lowest BCUT2D eigenvalue weighted by molar-refractivity contribution is -0.156. The fourth-order valence-electron chi connectivity index (χ4n) is 3.46. The summed E-state index contributed by atoms with van der Waals surface area (Å²) in [5, 5.41) is 0. The molecule has 2 aromatic rings. The summed E-state index contributed by atoms with van der Waals surface area (Å²) in [4.78, 5) is 38.3. The monoisotopic (exact) mass is 398 g/mol. The van der Waals surface area contributed by atoms with Gasteiger partial charge in [-0.1, -0.05) is 36.4 Å². The van der Waals surface area contributed by atoms with E-state index in [1.807, 2.05) is 0 Å². The normalized spacial score (nSPS) is 20.7. The molecule has 0 radical (unpaired) electrons. The number of hydrogen-bond acceptors (Lipinski definition) is 7. The molecule has 0 bridgehead atoms. The lowest BCUT2D eigenvalue weighted by Crippen LogP contribution is -2.33. The lowest BCUT2D eigenvalue weighted by Gasteiger charge is -2.20. The van der Waals surface area contributed by atoms with Crippen molar-refractivity contribution in [3.05, 3.63) is 59.7 Å². The van der Waals surface area contributed by atoms with Crippen LogP contribution in [-0.4, -0.2) is 38.5 Å². The molecule has 1 aliphatic heterocycles. The maximum Gasteiger partial charge on any atom is 0.321 e. The fraction of sp³-hybridized carbons (Fsp3) is 0.318. The van der Waals surface area contributed by atoms with E-state index in [1.165, 1.54) is 14.2 Å². The molecular weight excluding hydrogens is 376 g/mol. The number of benzene rings is 2. The van der Waals surface area contributed by atoms with Gasteiger partial charge < -0.3 is 18.9 Å². The molecule has 0 spiro atoms. The fourth-order valence-corrected chi connectivity index (χ4v) is 3.46. The first kappa shape index (κ1) is 20.4. The Morgan fingerprint density at radius 2 is 1.69 bits per heavy atom. The molecule has 7 nitrogen and oxygen atoms in total. The standard InChI is InChI=1S/C22H22O7/c1-4-28-21(24)18-17(19(23)13-8-6-5-7-9-13)20(29-22(18)25)14-10-11-15(26-2)16(12-14)27-3/h5-12,17-18,20H,4H2,1-3H3/t17-,18-,20-/m1/s1. The van der Waals surface area contributed by atoms with Gasteiger partial charge in [-0.3, -0.25) is 14.4 Å².